The van der Waals surface area contributed by atoms with Gasteiger partial charge in [0, 0.05) is 12.3 Å². The molecule has 3 rings (SSSR count). The normalized spacial score (nSPS) is 33.2. The first-order valence-corrected chi connectivity index (χ1v) is 7.82. The molecular weight excluding hydrogens is 252 g/mol. The topological polar surface area (TPSA) is 58.2 Å². The zero-order chi connectivity index (χ0) is 14.8. The molecule has 0 bridgehead atoms. The molecule has 0 aromatic carbocycles. The number of hydrogen-bond donors (Lipinski definition) is 2. The summed E-state index contributed by atoms with van der Waals surface area (Å²) in [5.74, 6) is 0.402. The maximum absolute atomic E-state index is 12.6. The van der Waals surface area contributed by atoms with Gasteiger partial charge in [0.25, 0.3) is 0 Å². The van der Waals surface area contributed by atoms with Gasteiger partial charge in [-0.25, -0.2) is 0 Å². The Morgan fingerprint density at radius 2 is 1.80 bits per heavy atom. The summed E-state index contributed by atoms with van der Waals surface area (Å²) in [5, 5.41) is 6.38. The molecule has 1 heterocycles. The Bertz CT molecular complexity index is 449. The molecule has 0 aromatic heterocycles. The average Bonchev–Trinajstić information content (AvgIpc) is 2.69. The van der Waals surface area contributed by atoms with E-state index >= 15 is 0 Å². The van der Waals surface area contributed by atoms with Gasteiger partial charge >= 0.3 is 0 Å². The van der Waals surface area contributed by atoms with E-state index in [-0.39, 0.29) is 40.1 Å². The molecule has 3 fully saturated rings. The van der Waals surface area contributed by atoms with Crippen molar-refractivity contribution >= 4 is 11.8 Å². The van der Waals surface area contributed by atoms with Crippen LogP contribution in [0.3, 0.4) is 0 Å². The summed E-state index contributed by atoms with van der Waals surface area (Å²) >= 11 is 0. The summed E-state index contributed by atoms with van der Waals surface area (Å²) in [4.78, 5) is 24.2. The second-order valence-electron chi connectivity index (χ2n) is 8.03. The first-order valence-electron chi connectivity index (χ1n) is 7.82. The first kappa shape index (κ1) is 13.9. The van der Waals surface area contributed by atoms with Crippen LogP contribution < -0.4 is 10.6 Å². The maximum atomic E-state index is 12.6. The summed E-state index contributed by atoms with van der Waals surface area (Å²) in [6.45, 7) is 8.66. The number of amides is 2. The number of hydrogen-bond acceptors (Lipinski definition) is 2. The lowest BCUT2D eigenvalue weighted by Crippen LogP contribution is -2.68. The lowest BCUT2D eigenvalue weighted by molar-refractivity contribution is -0.132. The van der Waals surface area contributed by atoms with E-state index in [0.29, 0.717) is 6.42 Å². The van der Waals surface area contributed by atoms with Crippen LogP contribution >= 0.6 is 0 Å². The van der Waals surface area contributed by atoms with Gasteiger partial charge in [0.2, 0.25) is 11.8 Å². The highest BCUT2D eigenvalue weighted by Gasteiger charge is 2.68. The molecule has 1 saturated heterocycles. The van der Waals surface area contributed by atoms with Gasteiger partial charge in [0.05, 0.1) is 11.6 Å². The standard InChI is InChI=1S/C16H26N2O2/c1-14(2)12(15(14,3)4)13(20)17-10-6-7-11(19)18-16(10)8-5-9-16/h10,12H,5-9H2,1-4H3,(H,17,20)(H,18,19)/t10-/m1/s1. The highest BCUT2D eigenvalue weighted by Crippen LogP contribution is 2.68. The molecule has 2 N–H and O–H groups in total. The van der Waals surface area contributed by atoms with Crippen molar-refractivity contribution in [3.05, 3.63) is 0 Å². The van der Waals surface area contributed by atoms with Crippen molar-refractivity contribution < 1.29 is 9.59 Å². The van der Waals surface area contributed by atoms with Crippen LogP contribution in [0, 0.1) is 16.7 Å². The fourth-order valence-electron chi connectivity index (χ4n) is 4.33. The van der Waals surface area contributed by atoms with E-state index in [9.17, 15) is 9.59 Å². The van der Waals surface area contributed by atoms with Crippen LogP contribution in [0.25, 0.3) is 0 Å². The van der Waals surface area contributed by atoms with Gasteiger partial charge < -0.3 is 10.6 Å². The Morgan fingerprint density at radius 1 is 1.20 bits per heavy atom. The minimum absolute atomic E-state index is 0.0712. The number of rotatable bonds is 2. The van der Waals surface area contributed by atoms with Crippen molar-refractivity contribution in [2.45, 2.75) is 71.4 Å². The van der Waals surface area contributed by atoms with E-state index < -0.39 is 0 Å². The second-order valence-corrected chi connectivity index (χ2v) is 8.03. The van der Waals surface area contributed by atoms with Crippen LogP contribution in [0.5, 0.6) is 0 Å². The zero-order valence-corrected chi connectivity index (χ0v) is 13.0. The monoisotopic (exact) mass is 278 g/mol. The predicted molar refractivity (Wildman–Crippen MR) is 76.9 cm³/mol. The molecule has 4 heteroatoms. The van der Waals surface area contributed by atoms with E-state index in [0.717, 1.165) is 25.7 Å². The van der Waals surface area contributed by atoms with Crippen LogP contribution in [0.1, 0.15) is 59.8 Å². The maximum Gasteiger partial charge on any atom is 0.224 e. The minimum Gasteiger partial charge on any atom is -0.351 e. The van der Waals surface area contributed by atoms with Gasteiger partial charge in [-0.05, 0) is 36.5 Å². The summed E-state index contributed by atoms with van der Waals surface area (Å²) < 4.78 is 0. The third kappa shape index (κ3) is 1.73. The van der Waals surface area contributed by atoms with Crippen LogP contribution in [-0.4, -0.2) is 23.4 Å². The van der Waals surface area contributed by atoms with Crippen molar-refractivity contribution in [1.29, 1.82) is 0 Å². The highest BCUT2D eigenvalue weighted by molar-refractivity contribution is 5.85. The predicted octanol–water partition coefficient (Wildman–Crippen LogP) is 1.99. The van der Waals surface area contributed by atoms with Gasteiger partial charge in [-0.1, -0.05) is 27.7 Å². The number of carbonyl (C=O) groups is 2. The molecular formula is C16H26N2O2. The lowest BCUT2D eigenvalue weighted by atomic mass is 9.68. The van der Waals surface area contributed by atoms with Gasteiger partial charge in [-0.2, -0.15) is 0 Å². The van der Waals surface area contributed by atoms with Gasteiger partial charge in [-0.3, -0.25) is 9.59 Å². The van der Waals surface area contributed by atoms with E-state index in [1.807, 2.05) is 0 Å². The summed E-state index contributed by atoms with van der Waals surface area (Å²) in [6.07, 6.45) is 4.46. The number of carbonyl (C=O) groups excluding carboxylic acids is 2. The smallest absolute Gasteiger partial charge is 0.224 e. The Balaban J connectivity index is 1.69. The molecule has 1 aliphatic heterocycles. The second kappa shape index (κ2) is 3.99. The summed E-state index contributed by atoms with van der Waals surface area (Å²) in [6, 6.07) is 0.119. The molecule has 112 valence electrons. The Labute approximate surface area is 121 Å². The molecule has 0 unspecified atom stereocenters. The van der Waals surface area contributed by atoms with Gasteiger partial charge in [-0.15, -0.1) is 0 Å². The minimum atomic E-state index is -0.145. The zero-order valence-electron chi connectivity index (χ0n) is 13.0. The van der Waals surface area contributed by atoms with Crippen molar-refractivity contribution in [3.63, 3.8) is 0 Å². The van der Waals surface area contributed by atoms with Crippen molar-refractivity contribution in [1.82, 2.24) is 10.6 Å². The molecule has 2 saturated carbocycles. The van der Waals surface area contributed by atoms with Crippen molar-refractivity contribution in [2.24, 2.45) is 16.7 Å². The molecule has 1 atom stereocenters. The molecule has 1 spiro atoms. The first-order chi connectivity index (χ1) is 9.21. The molecule has 0 aromatic rings. The molecule has 2 amide bonds. The van der Waals surface area contributed by atoms with E-state index in [4.69, 9.17) is 0 Å². The van der Waals surface area contributed by atoms with E-state index in [1.165, 1.54) is 0 Å². The van der Waals surface area contributed by atoms with Crippen LogP contribution in [0.15, 0.2) is 0 Å². The Kier molecular flexibility index (Phi) is 2.77. The average molecular weight is 278 g/mol. The van der Waals surface area contributed by atoms with Gasteiger partial charge in [0.15, 0.2) is 0 Å². The van der Waals surface area contributed by atoms with Crippen molar-refractivity contribution in [3.8, 4) is 0 Å². The third-order valence-corrected chi connectivity index (χ3v) is 6.56. The fourth-order valence-corrected chi connectivity index (χ4v) is 4.33. The third-order valence-electron chi connectivity index (χ3n) is 6.56. The number of nitrogens with one attached hydrogen (secondary N) is 2. The largest absolute Gasteiger partial charge is 0.351 e. The van der Waals surface area contributed by atoms with E-state index in [2.05, 4.69) is 38.3 Å². The van der Waals surface area contributed by atoms with Crippen molar-refractivity contribution in [2.75, 3.05) is 0 Å². The fraction of sp³-hybridized carbons (Fsp3) is 0.875. The Hall–Kier alpha value is -1.06. The lowest BCUT2D eigenvalue weighted by Gasteiger charge is -2.51. The molecule has 0 radical (unpaired) electrons. The summed E-state index contributed by atoms with van der Waals surface area (Å²) in [5.41, 5.74) is -0.00226. The van der Waals surface area contributed by atoms with Crippen LogP contribution in [0.4, 0.5) is 0 Å². The van der Waals surface area contributed by atoms with E-state index in [1.54, 1.807) is 0 Å². The SMILES string of the molecule is CC1(C)C(C(=O)N[C@@H]2CCC(=O)NC23CCC3)C1(C)C. The molecule has 4 nitrogen and oxygen atoms in total. The number of piperidine rings is 1. The van der Waals surface area contributed by atoms with Crippen LogP contribution in [-0.2, 0) is 9.59 Å². The highest BCUT2D eigenvalue weighted by atomic mass is 16.2. The molecule has 3 aliphatic rings. The van der Waals surface area contributed by atoms with Crippen LogP contribution in [0.2, 0.25) is 0 Å². The summed E-state index contributed by atoms with van der Waals surface area (Å²) in [7, 11) is 0. The Morgan fingerprint density at radius 3 is 2.25 bits per heavy atom. The molecule has 20 heavy (non-hydrogen) atoms. The van der Waals surface area contributed by atoms with Gasteiger partial charge in [0.1, 0.15) is 0 Å². The quantitative estimate of drug-likeness (QED) is 0.811. The molecule has 2 aliphatic carbocycles.